The van der Waals surface area contributed by atoms with E-state index in [9.17, 15) is 4.79 Å². The molecule has 6 heteroatoms. The number of carbonyl (C=O) groups excluding carboxylic acids is 1. The summed E-state index contributed by atoms with van der Waals surface area (Å²) >= 11 is 0. The molecule has 1 aromatic rings. The maximum Gasteiger partial charge on any atom is 0.412 e. The second-order valence-corrected chi connectivity index (χ2v) is 6.71. The molecular weight excluding hydrogens is 296 g/mol. The number of methoxy groups -OCH3 is 2. The number of hydrogen-bond donors (Lipinski definition) is 2. The average Bonchev–Trinajstić information content (AvgIpc) is 2.41. The van der Waals surface area contributed by atoms with E-state index in [0.717, 1.165) is 24.3 Å². The molecule has 0 spiro atoms. The summed E-state index contributed by atoms with van der Waals surface area (Å²) in [6.07, 6.45) is 1.72. The molecule has 0 aromatic heterocycles. The van der Waals surface area contributed by atoms with Crippen LogP contribution in [0.5, 0.6) is 5.75 Å². The van der Waals surface area contributed by atoms with Crippen molar-refractivity contribution in [1.82, 2.24) is 0 Å². The third kappa shape index (κ3) is 5.03. The standard InChI is InChI=1S/C17H26N2O4/c1-17(2,3)23-16(20)19-14-7-6-12(21-4)10-15(14)18-11-8-13(9-11)22-5/h6-7,10-11,13,18H,8-9H2,1-5H3,(H,19,20). The van der Waals surface area contributed by atoms with Gasteiger partial charge < -0.3 is 19.5 Å². The van der Waals surface area contributed by atoms with Gasteiger partial charge in [0, 0.05) is 19.2 Å². The number of ether oxygens (including phenoxy) is 3. The zero-order chi connectivity index (χ0) is 17.0. The number of hydrogen-bond acceptors (Lipinski definition) is 5. The molecule has 128 valence electrons. The Morgan fingerprint density at radius 2 is 1.87 bits per heavy atom. The first-order valence-electron chi connectivity index (χ1n) is 7.78. The molecule has 1 saturated carbocycles. The van der Waals surface area contributed by atoms with Gasteiger partial charge in [0.1, 0.15) is 11.4 Å². The van der Waals surface area contributed by atoms with Gasteiger partial charge >= 0.3 is 6.09 Å². The Morgan fingerprint density at radius 3 is 2.43 bits per heavy atom. The lowest BCUT2D eigenvalue weighted by Gasteiger charge is -2.35. The minimum Gasteiger partial charge on any atom is -0.497 e. The number of anilines is 2. The summed E-state index contributed by atoms with van der Waals surface area (Å²) in [4.78, 5) is 12.0. The summed E-state index contributed by atoms with van der Waals surface area (Å²) in [6, 6.07) is 5.80. The molecule has 0 atom stereocenters. The maximum absolute atomic E-state index is 12.0. The monoisotopic (exact) mass is 322 g/mol. The van der Waals surface area contributed by atoms with Gasteiger partial charge in [0.2, 0.25) is 0 Å². The number of amides is 1. The van der Waals surface area contributed by atoms with Crippen molar-refractivity contribution in [3.63, 3.8) is 0 Å². The van der Waals surface area contributed by atoms with E-state index in [4.69, 9.17) is 14.2 Å². The Hall–Kier alpha value is -1.95. The Bertz CT molecular complexity index is 548. The fourth-order valence-corrected chi connectivity index (χ4v) is 2.39. The Balaban J connectivity index is 2.07. The zero-order valence-corrected chi connectivity index (χ0v) is 14.4. The highest BCUT2D eigenvalue weighted by atomic mass is 16.6. The minimum atomic E-state index is -0.538. The molecule has 1 aromatic carbocycles. The minimum absolute atomic E-state index is 0.306. The van der Waals surface area contributed by atoms with Crippen molar-refractivity contribution in [3.05, 3.63) is 18.2 Å². The van der Waals surface area contributed by atoms with Crippen LogP contribution < -0.4 is 15.4 Å². The van der Waals surface area contributed by atoms with Crippen LogP contribution in [0.4, 0.5) is 16.2 Å². The molecule has 0 aliphatic heterocycles. The molecule has 2 N–H and O–H groups in total. The van der Waals surface area contributed by atoms with Gasteiger partial charge in [-0.05, 0) is 45.7 Å². The summed E-state index contributed by atoms with van der Waals surface area (Å²) < 4.78 is 15.9. The normalized spacial score (nSPS) is 20.4. The van der Waals surface area contributed by atoms with E-state index in [2.05, 4.69) is 10.6 Å². The molecule has 6 nitrogen and oxygen atoms in total. The second-order valence-electron chi connectivity index (χ2n) is 6.71. The highest BCUT2D eigenvalue weighted by Crippen LogP contribution is 2.32. The largest absolute Gasteiger partial charge is 0.497 e. The lowest BCUT2D eigenvalue weighted by atomic mass is 9.89. The van der Waals surface area contributed by atoms with Crippen LogP contribution in [0.15, 0.2) is 18.2 Å². The van der Waals surface area contributed by atoms with E-state index in [1.54, 1.807) is 26.4 Å². The van der Waals surface area contributed by atoms with E-state index in [1.165, 1.54) is 0 Å². The topological polar surface area (TPSA) is 68.8 Å². The molecule has 1 amide bonds. The van der Waals surface area contributed by atoms with Crippen molar-refractivity contribution >= 4 is 17.5 Å². The quantitative estimate of drug-likeness (QED) is 0.866. The highest BCUT2D eigenvalue weighted by Gasteiger charge is 2.29. The number of rotatable bonds is 5. The van der Waals surface area contributed by atoms with E-state index in [1.807, 2.05) is 26.8 Å². The van der Waals surface area contributed by atoms with E-state index in [-0.39, 0.29) is 0 Å². The van der Waals surface area contributed by atoms with Crippen molar-refractivity contribution in [2.24, 2.45) is 0 Å². The van der Waals surface area contributed by atoms with Gasteiger partial charge in [-0.1, -0.05) is 0 Å². The molecule has 23 heavy (non-hydrogen) atoms. The van der Waals surface area contributed by atoms with Crippen LogP contribution in [-0.2, 0) is 9.47 Å². The van der Waals surface area contributed by atoms with Gasteiger partial charge in [-0.3, -0.25) is 5.32 Å². The molecule has 0 unspecified atom stereocenters. The van der Waals surface area contributed by atoms with Crippen molar-refractivity contribution < 1.29 is 19.0 Å². The lowest BCUT2D eigenvalue weighted by Crippen LogP contribution is -2.40. The second kappa shape index (κ2) is 7.08. The first-order chi connectivity index (χ1) is 10.8. The smallest absolute Gasteiger partial charge is 0.412 e. The van der Waals surface area contributed by atoms with E-state index < -0.39 is 11.7 Å². The Kier molecular flexibility index (Phi) is 5.36. The van der Waals surface area contributed by atoms with Crippen molar-refractivity contribution in [1.29, 1.82) is 0 Å². The van der Waals surface area contributed by atoms with Crippen LogP contribution in [0.2, 0.25) is 0 Å². The van der Waals surface area contributed by atoms with Crippen LogP contribution in [0.3, 0.4) is 0 Å². The van der Waals surface area contributed by atoms with Crippen LogP contribution in [-0.4, -0.2) is 38.1 Å². The molecule has 0 heterocycles. The van der Waals surface area contributed by atoms with Crippen molar-refractivity contribution in [3.8, 4) is 5.75 Å². The molecular formula is C17H26N2O4. The number of carbonyl (C=O) groups is 1. The fraction of sp³-hybridized carbons (Fsp3) is 0.588. The van der Waals surface area contributed by atoms with Crippen LogP contribution in [0.25, 0.3) is 0 Å². The van der Waals surface area contributed by atoms with Crippen molar-refractivity contribution in [2.45, 2.75) is 51.4 Å². The molecule has 0 bridgehead atoms. The third-order valence-corrected chi connectivity index (χ3v) is 3.65. The summed E-state index contributed by atoms with van der Waals surface area (Å²) in [5, 5.41) is 6.21. The van der Waals surface area contributed by atoms with Gasteiger partial charge in [-0.25, -0.2) is 4.79 Å². The molecule has 1 aliphatic carbocycles. The van der Waals surface area contributed by atoms with E-state index >= 15 is 0 Å². The van der Waals surface area contributed by atoms with Gasteiger partial charge in [0.15, 0.2) is 0 Å². The molecule has 2 rings (SSSR count). The molecule has 0 radical (unpaired) electrons. The van der Waals surface area contributed by atoms with Gasteiger partial charge in [0.25, 0.3) is 0 Å². The zero-order valence-electron chi connectivity index (χ0n) is 14.4. The third-order valence-electron chi connectivity index (χ3n) is 3.65. The summed E-state index contributed by atoms with van der Waals surface area (Å²) in [5.41, 5.74) is 0.944. The number of benzene rings is 1. The maximum atomic E-state index is 12.0. The first kappa shape index (κ1) is 17.4. The Labute approximate surface area is 137 Å². The summed E-state index contributed by atoms with van der Waals surface area (Å²) in [6.45, 7) is 5.50. The van der Waals surface area contributed by atoms with Gasteiger partial charge in [-0.2, -0.15) is 0 Å². The molecule has 0 saturated heterocycles. The summed E-state index contributed by atoms with van der Waals surface area (Å²) in [5.74, 6) is 0.727. The number of nitrogens with one attached hydrogen (secondary N) is 2. The fourth-order valence-electron chi connectivity index (χ4n) is 2.39. The predicted octanol–water partition coefficient (Wildman–Crippen LogP) is 3.63. The first-order valence-corrected chi connectivity index (χ1v) is 7.78. The Morgan fingerprint density at radius 1 is 1.17 bits per heavy atom. The molecule has 1 fully saturated rings. The van der Waals surface area contributed by atoms with Crippen LogP contribution >= 0.6 is 0 Å². The predicted molar refractivity (Wildman–Crippen MR) is 90.3 cm³/mol. The highest BCUT2D eigenvalue weighted by molar-refractivity contribution is 5.90. The average molecular weight is 322 g/mol. The van der Waals surface area contributed by atoms with Gasteiger partial charge in [0.05, 0.1) is 24.6 Å². The van der Waals surface area contributed by atoms with Crippen molar-refractivity contribution in [2.75, 3.05) is 24.9 Å². The van der Waals surface area contributed by atoms with Gasteiger partial charge in [-0.15, -0.1) is 0 Å². The van der Waals surface area contributed by atoms with Crippen LogP contribution in [0, 0.1) is 0 Å². The SMILES string of the molecule is COc1ccc(NC(=O)OC(C)(C)C)c(NC2CC(OC)C2)c1. The van der Waals surface area contributed by atoms with Crippen LogP contribution in [0.1, 0.15) is 33.6 Å². The van der Waals surface area contributed by atoms with E-state index in [0.29, 0.717) is 17.8 Å². The summed E-state index contributed by atoms with van der Waals surface area (Å²) in [7, 11) is 3.34. The lowest BCUT2D eigenvalue weighted by molar-refractivity contribution is 0.0328. The molecule has 1 aliphatic rings.